The van der Waals surface area contributed by atoms with Gasteiger partial charge in [-0.3, -0.25) is 9.36 Å². The van der Waals surface area contributed by atoms with E-state index in [0.717, 1.165) is 64.6 Å². The van der Waals surface area contributed by atoms with Crippen LogP contribution in [-0.2, 0) is 27.9 Å². The molecule has 5 aromatic carbocycles. The van der Waals surface area contributed by atoms with Gasteiger partial charge >= 0.3 is 5.97 Å². The van der Waals surface area contributed by atoms with Crippen molar-refractivity contribution in [3.8, 4) is 22.5 Å². The lowest BCUT2D eigenvalue weighted by Gasteiger charge is -2.36. The number of esters is 1. The predicted molar refractivity (Wildman–Crippen MR) is 239 cm³/mol. The first kappa shape index (κ1) is 40.8. The van der Waals surface area contributed by atoms with E-state index in [4.69, 9.17) is 20.0 Å². The highest BCUT2D eigenvalue weighted by molar-refractivity contribution is 5.82. The van der Waals surface area contributed by atoms with Gasteiger partial charge in [-0.1, -0.05) is 147 Å². The lowest BCUT2D eigenvalue weighted by atomic mass is 9.76. The van der Waals surface area contributed by atoms with E-state index in [1.165, 1.54) is 11.7 Å². The number of hydrogen-bond acceptors (Lipinski definition) is 8. The van der Waals surface area contributed by atoms with Crippen LogP contribution >= 0.6 is 0 Å². The van der Waals surface area contributed by atoms with E-state index in [2.05, 4.69) is 83.9 Å². The topological polar surface area (TPSA) is 120 Å². The van der Waals surface area contributed by atoms with Crippen molar-refractivity contribution in [2.24, 2.45) is 10.9 Å². The number of methoxy groups -OCH3 is 1. The quantitative estimate of drug-likeness (QED) is 0.0412. The Labute approximate surface area is 356 Å². The molecule has 8 rings (SSSR count). The number of rotatable bonds is 16. The average molecular weight is 811 g/mol. The molecule has 61 heavy (non-hydrogen) atoms. The molecule has 11 nitrogen and oxygen atoms in total. The van der Waals surface area contributed by atoms with Crippen molar-refractivity contribution in [2.45, 2.75) is 57.0 Å². The Balaban J connectivity index is 1.37. The van der Waals surface area contributed by atoms with Crippen LogP contribution < -0.4 is 5.56 Å². The highest BCUT2D eigenvalue weighted by Gasteiger charge is 2.43. The van der Waals surface area contributed by atoms with Gasteiger partial charge in [0.1, 0.15) is 11.6 Å². The van der Waals surface area contributed by atoms with Gasteiger partial charge in [0, 0.05) is 31.6 Å². The zero-order chi connectivity index (χ0) is 42.3. The number of tetrazole rings is 1. The second-order valence-corrected chi connectivity index (χ2v) is 15.8. The summed E-state index contributed by atoms with van der Waals surface area (Å²) in [5.74, 6) is 0.241. The molecule has 1 unspecified atom stereocenters. The van der Waals surface area contributed by atoms with Crippen LogP contribution in [0.15, 0.2) is 149 Å². The minimum absolute atomic E-state index is 0.0377. The molecule has 2 heterocycles. The monoisotopic (exact) mass is 810 g/mol. The van der Waals surface area contributed by atoms with Gasteiger partial charge in [-0.2, -0.15) is 0 Å². The Bertz CT molecular complexity index is 2580. The van der Waals surface area contributed by atoms with Crippen molar-refractivity contribution in [1.82, 2.24) is 34.7 Å². The fraction of sp³-hybridized carbons (Fsp3) is 0.260. The Morgan fingerprint density at radius 1 is 0.852 bits per heavy atom. The van der Waals surface area contributed by atoms with Crippen molar-refractivity contribution in [3.05, 3.63) is 183 Å². The normalized spacial score (nSPS) is 13.3. The van der Waals surface area contributed by atoms with E-state index in [0.29, 0.717) is 23.5 Å². The molecule has 308 valence electrons. The Hall–Kier alpha value is -7.01. The molecule has 1 fully saturated rings. The van der Waals surface area contributed by atoms with Crippen LogP contribution in [0.2, 0.25) is 0 Å². The van der Waals surface area contributed by atoms with Gasteiger partial charge in [-0.25, -0.2) is 19.5 Å². The fourth-order valence-electron chi connectivity index (χ4n) is 8.33. The van der Waals surface area contributed by atoms with E-state index >= 15 is 4.79 Å². The third-order valence-electron chi connectivity index (χ3n) is 11.4. The van der Waals surface area contributed by atoms with Crippen LogP contribution in [0.1, 0.15) is 72.2 Å². The maximum atomic E-state index is 15.1. The zero-order valence-electron chi connectivity index (χ0n) is 35.1. The van der Waals surface area contributed by atoms with Crippen LogP contribution in [0.25, 0.3) is 22.5 Å². The SMILES string of the molecule is CCCCc1nc(N=CN(C)C)n(C(C(=O)OC)C2CC2)c(=O)c1Cc1ccc(-c2ccccc2)c(-c2nnnn2C(c2ccccc2)(c2ccccc2)c2ccccc2)c1. The second kappa shape index (κ2) is 18.1. The standard InChI is InChI=1S/C50H50N8O3/c1-5-6-27-44-43(47(59)57(49(52-44)51-34-56(2)3)45(37-29-30-37)48(60)61-4)33-35-28-31-41(36-19-11-7-12-20-36)42(32-35)46-53-54-55-58(46)50(38-21-13-8-14-22-38,39-23-15-9-16-24-39)40-25-17-10-18-26-40/h7-26,28,31-32,34,37,45H,5-6,27,29-30,33H2,1-4H3. The number of carbonyl (C=O) groups excluding carboxylic acids is 1. The number of unbranched alkanes of at least 4 members (excludes halogenated alkanes) is 1. The number of aromatic nitrogens is 6. The summed E-state index contributed by atoms with van der Waals surface area (Å²) >= 11 is 0. The third-order valence-corrected chi connectivity index (χ3v) is 11.4. The lowest BCUT2D eigenvalue weighted by molar-refractivity contribution is -0.145. The van der Waals surface area contributed by atoms with Gasteiger partial charge in [0.15, 0.2) is 5.82 Å². The summed E-state index contributed by atoms with van der Waals surface area (Å²) in [4.78, 5) is 40.0. The van der Waals surface area contributed by atoms with Crippen LogP contribution in [0, 0.1) is 5.92 Å². The molecule has 0 bridgehead atoms. The summed E-state index contributed by atoms with van der Waals surface area (Å²) in [6.07, 6.45) is 5.82. The first-order valence-corrected chi connectivity index (χ1v) is 20.9. The van der Waals surface area contributed by atoms with Crippen molar-refractivity contribution >= 4 is 18.3 Å². The average Bonchev–Trinajstić information content (AvgIpc) is 4.03. The third kappa shape index (κ3) is 8.15. The fourth-order valence-corrected chi connectivity index (χ4v) is 8.33. The van der Waals surface area contributed by atoms with Crippen LogP contribution in [0.3, 0.4) is 0 Å². The molecule has 11 heteroatoms. The number of benzene rings is 5. The van der Waals surface area contributed by atoms with E-state index in [9.17, 15) is 4.79 Å². The molecule has 2 aromatic heterocycles. The molecular weight excluding hydrogens is 761 g/mol. The summed E-state index contributed by atoms with van der Waals surface area (Å²) in [7, 11) is 5.07. The van der Waals surface area contributed by atoms with Crippen LogP contribution in [0.4, 0.5) is 5.95 Å². The molecule has 1 saturated carbocycles. The number of hydrogen-bond donors (Lipinski definition) is 0. The van der Waals surface area contributed by atoms with Gasteiger partial charge in [0.25, 0.3) is 5.56 Å². The number of carbonyl (C=O) groups is 1. The molecule has 1 aliphatic rings. The van der Waals surface area contributed by atoms with E-state index < -0.39 is 17.6 Å². The zero-order valence-corrected chi connectivity index (χ0v) is 35.1. The number of aryl methyl sites for hydroxylation is 1. The van der Waals surface area contributed by atoms with Gasteiger partial charge < -0.3 is 9.64 Å². The van der Waals surface area contributed by atoms with Gasteiger partial charge in [-0.15, -0.1) is 5.10 Å². The molecule has 1 atom stereocenters. The van der Waals surface area contributed by atoms with Crippen LogP contribution in [0.5, 0.6) is 0 Å². The first-order valence-electron chi connectivity index (χ1n) is 20.9. The molecule has 0 aliphatic heterocycles. The lowest BCUT2D eigenvalue weighted by Crippen LogP contribution is -2.39. The predicted octanol–water partition coefficient (Wildman–Crippen LogP) is 8.68. The van der Waals surface area contributed by atoms with Crippen molar-refractivity contribution in [3.63, 3.8) is 0 Å². The Morgan fingerprint density at radius 3 is 1.98 bits per heavy atom. The summed E-state index contributed by atoms with van der Waals surface area (Å²) in [5.41, 5.74) is 6.46. The second-order valence-electron chi connectivity index (χ2n) is 15.8. The van der Waals surface area contributed by atoms with Crippen molar-refractivity contribution in [1.29, 1.82) is 0 Å². The molecule has 0 amide bonds. The molecule has 0 saturated heterocycles. The molecule has 0 N–H and O–H groups in total. The molecular formula is C50H50N8O3. The summed E-state index contributed by atoms with van der Waals surface area (Å²) in [5, 5.41) is 14.1. The summed E-state index contributed by atoms with van der Waals surface area (Å²) in [6.45, 7) is 2.12. The van der Waals surface area contributed by atoms with E-state index in [1.54, 1.807) is 11.2 Å². The number of nitrogens with zero attached hydrogens (tertiary/aromatic N) is 8. The Kier molecular flexibility index (Phi) is 12.1. The largest absolute Gasteiger partial charge is 0.467 e. The van der Waals surface area contributed by atoms with Crippen molar-refractivity contribution in [2.75, 3.05) is 21.2 Å². The summed E-state index contributed by atoms with van der Waals surface area (Å²) < 4.78 is 8.71. The first-order chi connectivity index (χ1) is 29.8. The minimum atomic E-state index is -0.980. The molecule has 7 aromatic rings. The molecule has 0 radical (unpaired) electrons. The molecule has 0 spiro atoms. The van der Waals surface area contributed by atoms with Gasteiger partial charge in [0.2, 0.25) is 5.95 Å². The number of ether oxygens (including phenoxy) is 1. The maximum Gasteiger partial charge on any atom is 0.329 e. The minimum Gasteiger partial charge on any atom is -0.467 e. The van der Waals surface area contributed by atoms with E-state index in [-0.39, 0.29) is 23.8 Å². The highest BCUT2D eigenvalue weighted by Crippen LogP contribution is 2.44. The molecule has 1 aliphatic carbocycles. The van der Waals surface area contributed by atoms with Crippen LogP contribution in [-0.4, -0.2) is 68.2 Å². The maximum absolute atomic E-state index is 15.1. The van der Waals surface area contributed by atoms with Crippen molar-refractivity contribution < 1.29 is 9.53 Å². The smallest absolute Gasteiger partial charge is 0.329 e. The highest BCUT2D eigenvalue weighted by atomic mass is 16.5. The Morgan fingerprint density at radius 2 is 1.44 bits per heavy atom. The van der Waals surface area contributed by atoms with E-state index in [1.807, 2.05) is 91.6 Å². The van der Waals surface area contributed by atoms with Gasteiger partial charge in [-0.05, 0) is 81.5 Å². The number of aliphatic imine (C=N–C) groups is 1. The summed E-state index contributed by atoms with van der Waals surface area (Å²) in [6, 6.07) is 46.6. The van der Waals surface area contributed by atoms with Gasteiger partial charge in [0.05, 0.1) is 19.1 Å².